The monoisotopic (exact) mass is 218 g/mol. The molecule has 0 saturated heterocycles. The molecule has 1 nitrogen and oxygen atoms in total. The van der Waals surface area contributed by atoms with Crippen LogP contribution in [0.1, 0.15) is 27.2 Å². The van der Waals surface area contributed by atoms with Crippen molar-refractivity contribution in [3.63, 3.8) is 0 Å². The van der Waals surface area contributed by atoms with Gasteiger partial charge < -0.3 is 4.43 Å². The van der Waals surface area contributed by atoms with Gasteiger partial charge in [-0.05, 0) is 37.2 Å². The molecular weight excluding hydrogens is 196 g/mol. The van der Waals surface area contributed by atoms with Gasteiger partial charge in [0, 0.05) is 0 Å². The van der Waals surface area contributed by atoms with Crippen molar-refractivity contribution in [1.82, 2.24) is 0 Å². The Balaban J connectivity index is 4.24. The zero-order valence-electron chi connectivity index (χ0n) is 9.26. The van der Waals surface area contributed by atoms with Crippen LogP contribution in [0, 0.1) is 0 Å². The van der Waals surface area contributed by atoms with Crippen LogP contribution in [-0.2, 0) is 4.43 Å². The standard InChI is InChI=1S/C10H22OSSi/c1-9(2)11-13(5,10(3)4)8-6-7-12/h10,12H,1,6-8H2,2-5H3. The van der Waals surface area contributed by atoms with Crippen molar-refractivity contribution in [2.75, 3.05) is 5.75 Å². The Kier molecular flexibility index (Phi) is 5.80. The molecule has 0 heterocycles. The molecule has 0 aliphatic rings. The van der Waals surface area contributed by atoms with Gasteiger partial charge in [-0.3, -0.25) is 0 Å². The summed E-state index contributed by atoms with van der Waals surface area (Å²) >= 11 is 4.24. The highest BCUT2D eigenvalue weighted by Crippen LogP contribution is 2.29. The molecule has 0 aliphatic carbocycles. The summed E-state index contributed by atoms with van der Waals surface area (Å²) in [5.74, 6) is 1.82. The normalized spacial score (nSPS) is 15.5. The zero-order valence-corrected chi connectivity index (χ0v) is 11.2. The second-order valence-electron chi connectivity index (χ2n) is 4.10. The SMILES string of the molecule is C=C(C)O[Si](C)(CCCS)C(C)C. The first-order chi connectivity index (χ1) is 5.92. The van der Waals surface area contributed by atoms with E-state index in [0.29, 0.717) is 5.54 Å². The Hall–Kier alpha value is 0.107. The number of allylic oxidation sites excluding steroid dienone is 1. The van der Waals surface area contributed by atoms with Crippen LogP contribution in [0.4, 0.5) is 0 Å². The van der Waals surface area contributed by atoms with Crippen LogP contribution in [0.5, 0.6) is 0 Å². The summed E-state index contributed by atoms with van der Waals surface area (Å²) in [5.41, 5.74) is 0.643. The molecule has 0 spiro atoms. The average molecular weight is 218 g/mol. The fraction of sp³-hybridized carbons (Fsp3) is 0.800. The van der Waals surface area contributed by atoms with Gasteiger partial charge in [-0.15, -0.1) is 0 Å². The number of hydrogen-bond donors (Lipinski definition) is 1. The average Bonchev–Trinajstić information content (AvgIpc) is 1.99. The predicted molar refractivity (Wildman–Crippen MR) is 65.9 cm³/mol. The molecule has 0 rings (SSSR count). The van der Waals surface area contributed by atoms with E-state index in [1.54, 1.807) is 0 Å². The minimum Gasteiger partial charge on any atom is -0.547 e. The van der Waals surface area contributed by atoms with Crippen molar-refractivity contribution < 1.29 is 4.43 Å². The smallest absolute Gasteiger partial charge is 0.250 e. The summed E-state index contributed by atoms with van der Waals surface area (Å²) in [6, 6.07) is 1.18. The number of rotatable bonds is 6. The van der Waals surface area contributed by atoms with E-state index in [-0.39, 0.29) is 0 Å². The van der Waals surface area contributed by atoms with Crippen molar-refractivity contribution in [3.05, 3.63) is 12.3 Å². The van der Waals surface area contributed by atoms with Gasteiger partial charge >= 0.3 is 0 Å². The molecule has 0 aromatic carbocycles. The maximum Gasteiger partial charge on any atom is 0.250 e. The third-order valence-electron chi connectivity index (χ3n) is 2.46. The molecule has 1 unspecified atom stereocenters. The predicted octanol–water partition coefficient (Wildman–Crippen LogP) is 3.84. The molecule has 1 atom stereocenters. The van der Waals surface area contributed by atoms with Crippen LogP contribution in [0.2, 0.25) is 18.1 Å². The third kappa shape index (κ3) is 4.77. The molecule has 3 heteroatoms. The van der Waals surface area contributed by atoms with Gasteiger partial charge in [-0.25, -0.2) is 0 Å². The number of hydrogen-bond acceptors (Lipinski definition) is 2. The van der Waals surface area contributed by atoms with Crippen LogP contribution in [0.3, 0.4) is 0 Å². The lowest BCUT2D eigenvalue weighted by atomic mass is 10.5. The van der Waals surface area contributed by atoms with E-state index in [9.17, 15) is 0 Å². The quantitative estimate of drug-likeness (QED) is 0.405. The second-order valence-corrected chi connectivity index (χ2v) is 9.03. The Morgan fingerprint density at radius 1 is 1.54 bits per heavy atom. The van der Waals surface area contributed by atoms with Gasteiger partial charge in [0.05, 0.1) is 5.76 Å². The van der Waals surface area contributed by atoms with Crippen molar-refractivity contribution in [3.8, 4) is 0 Å². The lowest BCUT2D eigenvalue weighted by Gasteiger charge is -2.32. The summed E-state index contributed by atoms with van der Waals surface area (Å²) < 4.78 is 5.91. The van der Waals surface area contributed by atoms with E-state index >= 15 is 0 Å². The lowest BCUT2D eigenvalue weighted by molar-refractivity contribution is 0.402. The molecule has 13 heavy (non-hydrogen) atoms. The van der Waals surface area contributed by atoms with Gasteiger partial charge in [0.15, 0.2) is 0 Å². The first kappa shape index (κ1) is 13.1. The third-order valence-corrected chi connectivity index (χ3v) is 7.38. The Morgan fingerprint density at radius 3 is 2.38 bits per heavy atom. The Bertz CT molecular complexity index is 170. The van der Waals surface area contributed by atoms with Crippen molar-refractivity contribution in [2.24, 2.45) is 0 Å². The molecular formula is C10H22OSSi. The van der Waals surface area contributed by atoms with E-state index in [0.717, 1.165) is 17.9 Å². The molecule has 0 bridgehead atoms. The van der Waals surface area contributed by atoms with E-state index in [1.807, 2.05) is 6.92 Å². The topological polar surface area (TPSA) is 9.23 Å². The highest BCUT2D eigenvalue weighted by atomic mass is 32.1. The highest BCUT2D eigenvalue weighted by Gasteiger charge is 2.33. The summed E-state index contributed by atoms with van der Waals surface area (Å²) in [5, 5.41) is 0. The zero-order chi connectivity index (χ0) is 10.5. The number of thiol groups is 1. The molecule has 0 aliphatic heterocycles. The minimum atomic E-state index is -1.56. The maximum absolute atomic E-state index is 5.91. The van der Waals surface area contributed by atoms with Gasteiger partial charge in [-0.2, -0.15) is 12.6 Å². The van der Waals surface area contributed by atoms with Crippen LogP contribution in [-0.4, -0.2) is 14.1 Å². The van der Waals surface area contributed by atoms with Gasteiger partial charge in [0.1, 0.15) is 0 Å². The molecule has 0 fully saturated rings. The first-order valence-electron chi connectivity index (χ1n) is 4.87. The highest BCUT2D eigenvalue weighted by molar-refractivity contribution is 7.80. The molecule has 0 radical (unpaired) electrons. The van der Waals surface area contributed by atoms with Crippen LogP contribution >= 0.6 is 12.6 Å². The fourth-order valence-electron chi connectivity index (χ4n) is 1.29. The molecule has 0 amide bonds. The molecule has 0 saturated carbocycles. The van der Waals surface area contributed by atoms with E-state index in [4.69, 9.17) is 4.43 Å². The fourth-order valence-corrected chi connectivity index (χ4v) is 4.33. The first-order valence-corrected chi connectivity index (χ1v) is 8.20. The Labute approximate surface area is 89.1 Å². The van der Waals surface area contributed by atoms with Crippen LogP contribution < -0.4 is 0 Å². The molecule has 78 valence electrons. The molecule has 0 aromatic rings. The second kappa shape index (κ2) is 5.76. The van der Waals surface area contributed by atoms with E-state index in [2.05, 4.69) is 39.6 Å². The van der Waals surface area contributed by atoms with Crippen molar-refractivity contribution in [2.45, 2.75) is 45.3 Å². The Morgan fingerprint density at radius 2 is 2.08 bits per heavy atom. The summed E-state index contributed by atoms with van der Waals surface area (Å²) in [7, 11) is -1.56. The van der Waals surface area contributed by atoms with E-state index < -0.39 is 8.32 Å². The van der Waals surface area contributed by atoms with Crippen molar-refractivity contribution in [1.29, 1.82) is 0 Å². The lowest BCUT2D eigenvalue weighted by Crippen LogP contribution is -2.37. The largest absolute Gasteiger partial charge is 0.547 e. The van der Waals surface area contributed by atoms with Gasteiger partial charge in [-0.1, -0.05) is 20.4 Å². The van der Waals surface area contributed by atoms with Crippen molar-refractivity contribution >= 4 is 20.9 Å². The van der Waals surface area contributed by atoms with E-state index in [1.165, 1.54) is 6.04 Å². The molecule has 0 N–H and O–H groups in total. The molecule has 0 aromatic heterocycles. The summed E-state index contributed by atoms with van der Waals surface area (Å²) in [6.45, 7) is 12.5. The van der Waals surface area contributed by atoms with Crippen LogP contribution in [0.15, 0.2) is 12.3 Å². The maximum atomic E-state index is 5.91. The summed E-state index contributed by atoms with van der Waals surface area (Å²) in [6.07, 6.45) is 1.15. The van der Waals surface area contributed by atoms with Crippen LogP contribution in [0.25, 0.3) is 0 Å². The summed E-state index contributed by atoms with van der Waals surface area (Å²) in [4.78, 5) is 0. The van der Waals surface area contributed by atoms with Gasteiger partial charge in [0.25, 0.3) is 0 Å². The van der Waals surface area contributed by atoms with Gasteiger partial charge in [0.2, 0.25) is 8.32 Å². The minimum absolute atomic E-state index is 0.643.